The quantitative estimate of drug-likeness (QED) is 0.531. The number of rotatable bonds is 7. The van der Waals surface area contributed by atoms with E-state index in [0.29, 0.717) is 12.8 Å². The largest absolute Gasteiger partial charge is 0.478 e. The highest BCUT2D eigenvalue weighted by Crippen LogP contribution is 2.27. The topological polar surface area (TPSA) is 63.7 Å². The molecule has 0 saturated carbocycles. The molecular weight excluding hydrogens is 429 g/mol. The van der Waals surface area contributed by atoms with Crippen molar-refractivity contribution in [2.45, 2.75) is 38.5 Å². The molecule has 5 nitrogen and oxygen atoms in total. The van der Waals surface area contributed by atoms with Crippen molar-refractivity contribution in [2.24, 2.45) is 0 Å². The van der Waals surface area contributed by atoms with E-state index in [1.54, 1.807) is 24.0 Å². The van der Waals surface area contributed by atoms with Crippen molar-refractivity contribution >= 4 is 26.5 Å². The SMILES string of the molecule is CC[C@@H](Oc1ccccc1F)C(=O)N(Cc1cccc2ccccc12)[C@H]1CCS(=O)(=O)C1. The van der Waals surface area contributed by atoms with Crippen LogP contribution in [0.1, 0.15) is 25.3 Å². The molecule has 1 fully saturated rings. The van der Waals surface area contributed by atoms with Crippen molar-refractivity contribution in [3.8, 4) is 5.75 Å². The highest BCUT2D eigenvalue weighted by atomic mass is 32.2. The van der Waals surface area contributed by atoms with E-state index in [9.17, 15) is 17.6 Å². The molecule has 0 spiro atoms. The molecule has 7 heteroatoms. The molecular formula is C25H26FNO4S. The van der Waals surface area contributed by atoms with Crippen molar-refractivity contribution in [3.63, 3.8) is 0 Å². The van der Waals surface area contributed by atoms with Crippen LogP contribution in [0, 0.1) is 5.82 Å². The van der Waals surface area contributed by atoms with Crippen LogP contribution in [-0.4, -0.2) is 42.9 Å². The average Bonchev–Trinajstić information content (AvgIpc) is 3.15. The second-order valence-corrected chi connectivity index (χ2v) is 10.3. The molecule has 1 aliphatic rings. The summed E-state index contributed by atoms with van der Waals surface area (Å²) in [4.78, 5) is 15.2. The van der Waals surface area contributed by atoms with E-state index < -0.39 is 27.8 Å². The van der Waals surface area contributed by atoms with Gasteiger partial charge in [-0.15, -0.1) is 0 Å². The summed E-state index contributed by atoms with van der Waals surface area (Å²) in [6.07, 6.45) is -0.196. The Morgan fingerprint density at radius 2 is 1.81 bits per heavy atom. The van der Waals surface area contributed by atoms with Gasteiger partial charge in [0.05, 0.1) is 11.5 Å². The average molecular weight is 456 g/mol. The van der Waals surface area contributed by atoms with E-state index in [1.807, 2.05) is 42.5 Å². The first-order valence-electron chi connectivity index (χ1n) is 10.8. The molecule has 168 valence electrons. The zero-order valence-electron chi connectivity index (χ0n) is 17.9. The molecule has 3 aromatic carbocycles. The molecule has 1 aliphatic heterocycles. The fourth-order valence-electron chi connectivity index (χ4n) is 4.21. The first kappa shape index (κ1) is 22.3. The third kappa shape index (κ3) is 4.78. The number of sulfone groups is 1. The molecule has 0 aromatic heterocycles. The van der Waals surface area contributed by atoms with Gasteiger partial charge < -0.3 is 9.64 Å². The molecule has 1 saturated heterocycles. The molecule has 0 unspecified atom stereocenters. The van der Waals surface area contributed by atoms with Crippen molar-refractivity contribution in [1.29, 1.82) is 0 Å². The first-order valence-corrected chi connectivity index (χ1v) is 12.6. The molecule has 0 aliphatic carbocycles. The maximum Gasteiger partial charge on any atom is 0.264 e. The van der Waals surface area contributed by atoms with Gasteiger partial charge in [-0.3, -0.25) is 4.79 Å². The lowest BCUT2D eigenvalue weighted by molar-refractivity contribution is -0.141. The summed E-state index contributed by atoms with van der Waals surface area (Å²) in [5, 5.41) is 2.06. The smallest absolute Gasteiger partial charge is 0.264 e. The predicted octanol–water partition coefficient (Wildman–Crippen LogP) is 4.35. The minimum atomic E-state index is -3.20. The number of benzene rings is 3. The van der Waals surface area contributed by atoms with Crippen molar-refractivity contribution in [3.05, 3.63) is 78.1 Å². The Morgan fingerprint density at radius 1 is 1.09 bits per heavy atom. The second kappa shape index (κ2) is 9.28. The number of fused-ring (bicyclic) bond motifs is 1. The van der Waals surface area contributed by atoms with Crippen LogP contribution in [0.2, 0.25) is 0 Å². The number of carbonyl (C=O) groups excluding carboxylic acids is 1. The minimum absolute atomic E-state index is 0.0110. The van der Waals surface area contributed by atoms with E-state index in [4.69, 9.17) is 4.74 Å². The first-order chi connectivity index (χ1) is 15.4. The summed E-state index contributed by atoms with van der Waals surface area (Å²) in [5.74, 6) is -0.868. The predicted molar refractivity (Wildman–Crippen MR) is 123 cm³/mol. The number of halogens is 1. The molecule has 1 heterocycles. The van der Waals surface area contributed by atoms with Crippen LogP contribution in [0.25, 0.3) is 10.8 Å². The highest BCUT2D eigenvalue weighted by Gasteiger charge is 2.37. The van der Waals surface area contributed by atoms with Crippen LogP contribution < -0.4 is 4.74 Å². The standard InChI is InChI=1S/C25H26FNO4S/c1-2-23(31-24-13-6-5-12-22(24)26)25(28)27(20-14-15-32(29,30)17-20)16-19-10-7-9-18-8-3-4-11-21(18)19/h3-13,20,23H,2,14-17H2,1H3/t20-,23+/m0/s1. The van der Waals surface area contributed by atoms with Crippen LogP contribution in [0.4, 0.5) is 4.39 Å². The third-order valence-electron chi connectivity index (χ3n) is 5.90. The number of nitrogens with zero attached hydrogens (tertiary/aromatic N) is 1. The van der Waals surface area contributed by atoms with E-state index in [1.165, 1.54) is 12.1 Å². The number of carbonyl (C=O) groups is 1. The number of hydrogen-bond acceptors (Lipinski definition) is 4. The molecule has 0 bridgehead atoms. The zero-order chi connectivity index (χ0) is 22.7. The Morgan fingerprint density at radius 3 is 2.53 bits per heavy atom. The lowest BCUT2D eigenvalue weighted by Crippen LogP contribution is -2.47. The van der Waals surface area contributed by atoms with Gasteiger partial charge in [0.15, 0.2) is 27.5 Å². The summed E-state index contributed by atoms with van der Waals surface area (Å²) in [7, 11) is -3.20. The van der Waals surface area contributed by atoms with Gasteiger partial charge in [-0.1, -0.05) is 61.5 Å². The summed E-state index contributed by atoms with van der Waals surface area (Å²) >= 11 is 0. The van der Waals surface area contributed by atoms with E-state index in [0.717, 1.165) is 16.3 Å². The molecule has 3 aromatic rings. The van der Waals surface area contributed by atoms with Gasteiger partial charge in [-0.05, 0) is 41.3 Å². The van der Waals surface area contributed by atoms with Gasteiger partial charge in [-0.2, -0.15) is 0 Å². The minimum Gasteiger partial charge on any atom is -0.478 e. The van der Waals surface area contributed by atoms with Crippen molar-refractivity contribution < 1.29 is 22.3 Å². The molecule has 0 N–H and O–H groups in total. The van der Waals surface area contributed by atoms with Crippen LogP contribution in [0.5, 0.6) is 5.75 Å². The van der Waals surface area contributed by atoms with Gasteiger partial charge >= 0.3 is 0 Å². The van der Waals surface area contributed by atoms with Gasteiger partial charge in [0.1, 0.15) is 0 Å². The second-order valence-electron chi connectivity index (χ2n) is 8.11. The number of hydrogen-bond donors (Lipinski definition) is 0. The van der Waals surface area contributed by atoms with E-state index in [2.05, 4.69) is 0 Å². The van der Waals surface area contributed by atoms with Crippen molar-refractivity contribution in [2.75, 3.05) is 11.5 Å². The number of amides is 1. The lowest BCUT2D eigenvalue weighted by Gasteiger charge is -2.32. The van der Waals surface area contributed by atoms with Gasteiger partial charge in [0.25, 0.3) is 5.91 Å². The molecule has 4 rings (SSSR count). The third-order valence-corrected chi connectivity index (χ3v) is 7.66. The number of ether oxygens (including phenoxy) is 1. The van der Waals surface area contributed by atoms with Crippen molar-refractivity contribution in [1.82, 2.24) is 4.90 Å². The summed E-state index contributed by atoms with van der Waals surface area (Å²) < 4.78 is 44.3. The highest BCUT2D eigenvalue weighted by molar-refractivity contribution is 7.91. The molecule has 2 atom stereocenters. The van der Waals surface area contributed by atoms with Gasteiger partial charge in [0, 0.05) is 12.6 Å². The number of para-hydroxylation sites is 1. The summed E-state index contributed by atoms with van der Waals surface area (Å²) in [6.45, 7) is 2.06. The van der Waals surface area contributed by atoms with Crippen LogP contribution in [-0.2, 0) is 21.2 Å². The van der Waals surface area contributed by atoms with Gasteiger partial charge in [-0.25, -0.2) is 12.8 Å². The summed E-state index contributed by atoms with van der Waals surface area (Å²) in [6, 6.07) is 19.3. The van der Waals surface area contributed by atoms with E-state index in [-0.39, 0.29) is 29.7 Å². The van der Waals surface area contributed by atoms with Crippen LogP contribution in [0.3, 0.4) is 0 Å². The maximum absolute atomic E-state index is 14.1. The lowest BCUT2D eigenvalue weighted by atomic mass is 10.0. The maximum atomic E-state index is 14.1. The van der Waals surface area contributed by atoms with Crippen LogP contribution in [0.15, 0.2) is 66.7 Å². The zero-order valence-corrected chi connectivity index (χ0v) is 18.7. The fourth-order valence-corrected chi connectivity index (χ4v) is 5.94. The Balaban J connectivity index is 1.67. The Kier molecular flexibility index (Phi) is 6.46. The Labute approximate surface area is 187 Å². The Bertz CT molecular complexity index is 1220. The molecule has 1 amide bonds. The monoisotopic (exact) mass is 455 g/mol. The normalized spacial score (nSPS) is 18.4. The molecule has 0 radical (unpaired) electrons. The Hall–Kier alpha value is -2.93. The fraction of sp³-hybridized carbons (Fsp3) is 0.320. The van der Waals surface area contributed by atoms with E-state index >= 15 is 0 Å². The molecule has 32 heavy (non-hydrogen) atoms. The van der Waals surface area contributed by atoms with Crippen LogP contribution >= 0.6 is 0 Å². The van der Waals surface area contributed by atoms with Gasteiger partial charge in [0.2, 0.25) is 0 Å². The summed E-state index contributed by atoms with van der Waals surface area (Å²) in [5.41, 5.74) is 0.932.